The number of hydrogen-bond donors (Lipinski definition) is 3. The number of aliphatic hydroxyl groups excluding tert-OH is 1. The maximum atomic E-state index is 10.7. The van der Waals surface area contributed by atoms with Gasteiger partial charge < -0.3 is 25.5 Å². The van der Waals surface area contributed by atoms with E-state index in [9.17, 15) is 5.11 Å². The third kappa shape index (κ3) is 3.45. The summed E-state index contributed by atoms with van der Waals surface area (Å²) in [6, 6.07) is 13.8. The number of hydrogen-bond acceptors (Lipinski definition) is 6. The minimum Gasteiger partial charge on any atom is -0.394 e. The summed E-state index contributed by atoms with van der Waals surface area (Å²) >= 11 is 3.52. The van der Waals surface area contributed by atoms with E-state index in [0.29, 0.717) is 12.3 Å². The highest BCUT2D eigenvalue weighted by atomic mass is 79.9. The summed E-state index contributed by atoms with van der Waals surface area (Å²) in [4.78, 5) is 7.62. The second-order valence-electron chi connectivity index (χ2n) is 6.77. The Morgan fingerprint density at radius 2 is 1.96 bits per heavy atom. The van der Waals surface area contributed by atoms with Crippen molar-refractivity contribution >= 4 is 38.6 Å². The Bertz CT molecular complexity index is 939. The summed E-state index contributed by atoms with van der Waals surface area (Å²) in [6.45, 7) is 1.27. The van der Waals surface area contributed by atoms with Crippen LogP contribution in [0, 0.1) is 0 Å². The maximum Gasteiger partial charge on any atom is 0.153 e. The van der Waals surface area contributed by atoms with Crippen molar-refractivity contribution in [3.63, 3.8) is 0 Å². The molecule has 1 atom stereocenters. The number of oxime groups is 1. The number of likely N-dealkylation sites (N-methyl/N-ethyl adjacent to an activating group) is 1. The van der Waals surface area contributed by atoms with Crippen LogP contribution in [-0.4, -0.2) is 49.2 Å². The van der Waals surface area contributed by atoms with Gasteiger partial charge in [0.1, 0.15) is 12.3 Å². The number of nitrogens with zero attached hydrogens (tertiary/aromatic N) is 2. The zero-order chi connectivity index (χ0) is 19.0. The van der Waals surface area contributed by atoms with Gasteiger partial charge in [-0.1, -0.05) is 39.3 Å². The third-order valence-corrected chi connectivity index (χ3v) is 5.06. The number of allylic oxidation sites excluding steroid dienone is 1. The Labute approximate surface area is 166 Å². The predicted molar refractivity (Wildman–Crippen MR) is 112 cm³/mol. The normalized spacial score (nSPS) is 21.8. The van der Waals surface area contributed by atoms with E-state index in [1.54, 1.807) is 0 Å². The van der Waals surface area contributed by atoms with E-state index in [-0.39, 0.29) is 0 Å². The summed E-state index contributed by atoms with van der Waals surface area (Å²) in [7, 11) is 3.98. The minimum absolute atomic E-state index is 0.490. The first-order chi connectivity index (χ1) is 13.0. The molecule has 0 radical (unpaired) electrons. The molecule has 2 aromatic rings. The second-order valence-corrected chi connectivity index (χ2v) is 7.69. The highest BCUT2D eigenvalue weighted by molar-refractivity contribution is 9.10. The molecule has 2 aliphatic heterocycles. The van der Waals surface area contributed by atoms with Crippen LogP contribution in [0.5, 0.6) is 0 Å². The number of nitrogens with one attached hydrogen (secondary N) is 2. The SMILES string of the molecule is CN(C)CCO/N=C1/C(=C2\c3cc(Br)ccc3NC2O)Nc2ccccc21. The highest BCUT2D eigenvalue weighted by Gasteiger charge is 2.34. The quantitative estimate of drug-likeness (QED) is 0.514. The number of para-hydroxylation sites is 1. The third-order valence-electron chi connectivity index (χ3n) is 4.57. The molecule has 0 aliphatic carbocycles. The Hall–Kier alpha value is -2.35. The van der Waals surface area contributed by atoms with Crippen molar-refractivity contribution in [2.24, 2.45) is 5.16 Å². The van der Waals surface area contributed by atoms with Crippen LogP contribution in [0.15, 0.2) is 57.8 Å². The molecule has 1 unspecified atom stereocenters. The van der Waals surface area contributed by atoms with Gasteiger partial charge in [0.2, 0.25) is 0 Å². The first-order valence-corrected chi connectivity index (χ1v) is 9.54. The molecule has 2 heterocycles. The van der Waals surface area contributed by atoms with E-state index in [1.165, 1.54) is 0 Å². The standard InChI is InChI=1S/C20H21BrN4O2/c1-25(2)9-10-27-24-18-13-5-3-4-6-15(13)22-19(18)17-14-11-12(21)7-8-16(14)23-20(17)26/h3-8,11,20,22-23,26H,9-10H2,1-2H3/b19-17-,24-18+. The molecule has 7 heteroatoms. The number of benzene rings is 2. The summed E-state index contributed by atoms with van der Waals surface area (Å²) in [5.74, 6) is 0. The molecule has 0 saturated carbocycles. The van der Waals surface area contributed by atoms with Crippen molar-refractivity contribution in [3.8, 4) is 0 Å². The van der Waals surface area contributed by atoms with E-state index < -0.39 is 6.23 Å². The fourth-order valence-electron chi connectivity index (χ4n) is 3.25. The number of aliphatic hydroxyl groups is 1. The van der Waals surface area contributed by atoms with Gasteiger partial charge in [-0.25, -0.2) is 0 Å². The van der Waals surface area contributed by atoms with Crippen molar-refractivity contribution in [2.75, 3.05) is 37.9 Å². The summed E-state index contributed by atoms with van der Waals surface area (Å²) in [6.07, 6.45) is -0.821. The van der Waals surface area contributed by atoms with Crippen LogP contribution in [0.2, 0.25) is 0 Å². The van der Waals surface area contributed by atoms with Gasteiger partial charge in [0, 0.05) is 39.1 Å². The zero-order valence-electron chi connectivity index (χ0n) is 15.2. The molecule has 27 heavy (non-hydrogen) atoms. The number of fused-ring (bicyclic) bond motifs is 2. The lowest BCUT2D eigenvalue weighted by Gasteiger charge is -2.12. The lowest BCUT2D eigenvalue weighted by atomic mass is 10.0. The molecule has 0 aromatic heterocycles. The van der Waals surface area contributed by atoms with Crippen LogP contribution in [0.4, 0.5) is 11.4 Å². The molecule has 3 N–H and O–H groups in total. The van der Waals surface area contributed by atoms with Crippen molar-refractivity contribution in [1.82, 2.24) is 4.90 Å². The van der Waals surface area contributed by atoms with Crippen molar-refractivity contribution in [1.29, 1.82) is 0 Å². The summed E-state index contributed by atoms with van der Waals surface area (Å²) in [5, 5.41) is 21.6. The van der Waals surface area contributed by atoms with Crippen LogP contribution in [-0.2, 0) is 4.84 Å². The van der Waals surface area contributed by atoms with Crippen LogP contribution < -0.4 is 10.6 Å². The van der Waals surface area contributed by atoms with Gasteiger partial charge in [0.05, 0.1) is 5.70 Å². The zero-order valence-corrected chi connectivity index (χ0v) is 16.7. The number of anilines is 2. The molecule has 0 bridgehead atoms. The van der Waals surface area contributed by atoms with E-state index in [1.807, 2.05) is 61.5 Å². The van der Waals surface area contributed by atoms with E-state index in [2.05, 4.69) is 31.7 Å². The maximum absolute atomic E-state index is 10.7. The number of rotatable bonds is 4. The molecule has 0 amide bonds. The highest BCUT2D eigenvalue weighted by Crippen LogP contribution is 2.41. The fourth-order valence-corrected chi connectivity index (χ4v) is 3.61. The lowest BCUT2D eigenvalue weighted by molar-refractivity contribution is 0.126. The Morgan fingerprint density at radius 3 is 2.78 bits per heavy atom. The predicted octanol–water partition coefficient (Wildman–Crippen LogP) is 3.31. The molecule has 0 fully saturated rings. The van der Waals surface area contributed by atoms with Crippen molar-refractivity contribution in [3.05, 3.63) is 63.8 Å². The molecule has 0 saturated heterocycles. The molecular weight excluding hydrogens is 408 g/mol. The molecule has 4 rings (SSSR count). The molecular formula is C20H21BrN4O2. The molecule has 0 spiro atoms. The van der Waals surface area contributed by atoms with Crippen LogP contribution in [0.3, 0.4) is 0 Å². The largest absolute Gasteiger partial charge is 0.394 e. The van der Waals surface area contributed by atoms with Gasteiger partial charge >= 0.3 is 0 Å². The van der Waals surface area contributed by atoms with Crippen LogP contribution in [0.25, 0.3) is 5.57 Å². The second kappa shape index (κ2) is 7.34. The minimum atomic E-state index is -0.821. The van der Waals surface area contributed by atoms with Gasteiger partial charge in [0.15, 0.2) is 6.23 Å². The monoisotopic (exact) mass is 428 g/mol. The Morgan fingerprint density at radius 1 is 1.15 bits per heavy atom. The van der Waals surface area contributed by atoms with E-state index in [4.69, 9.17) is 4.84 Å². The van der Waals surface area contributed by atoms with E-state index >= 15 is 0 Å². The smallest absolute Gasteiger partial charge is 0.153 e. The Kier molecular flexibility index (Phi) is 4.90. The van der Waals surface area contributed by atoms with Gasteiger partial charge in [-0.05, 0) is 38.4 Å². The summed E-state index contributed by atoms with van der Waals surface area (Å²) in [5.41, 5.74) is 5.96. The summed E-state index contributed by atoms with van der Waals surface area (Å²) < 4.78 is 0.950. The molecule has 6 nitrogen and oxygen atoms in total. The van der Waals surface area contributed by atoms with Gasteiger partial charge in [-0.15, -0.1) is 0 Å². The van der Waals surface area contributed by atoms with Crippen molar-refractivity contribution in [2.45, 2.75) is 6.23 Å². The molecule has 140 valence electrons. The van der Waals surface area contributed by atoms with Gasteiger partial charge in [-0.3, -0.25) is 0 Å². The Balaban J connectivity index is 1.78. The molecule has 2 aliphatic rings. The van der Waals surface area contributed by atoms with E-state index in [0.717, 1.165) is 44.8 Å². The molecule has 2 aromatic carbocycles. The first kappa shape index (κ1) is 18.0. The topological polar surface area (TPSA) is 69.1 Å². The van der Waals surface area contributed by atoms with Gasteiger partial charge in [0.25, 0.3) is 0 Å². The van der Waals surface area contributed by atoms with Crippen LogP contribution >= 0.6 is 15.9 Å². The number of halogens is 1. The fraction of sp³-hybridized carbons (Fsp3) is 0.250. The van der Waals surface area contributed by atoms with Crippen LogP contribution in [0.1, 0.15) is 11.1 Å². The van der Waals surface area contributed by atoms with Crippen molar-refractivity contribution < 1.29 is 9.94 Å². The lowest BCUT2D eigenvalue weighted by Crippen LogP contribution is -2.19. The van der Waals surface area contributed by atoms with Gasteiger partial charge in [-0.2, -0.15) is 0 Å². The first-order valence-electron chi connectivity index (χ1n) is 8.75. The average Bonchev–Trinajstić information content (AvgIpc) is 3.14. The average molecular weight is 429 g/mol.